The van der Waals surface area contributed by atoms with Gasteiger partial charge < -0.3 is 10.8 Å². The van der Waals surface area contributed by atoms with Gasteiger partial charge in [0.15, 0.2) is 0 Å². The number of nitrogens with two attached hydrogens (primary N) is 1. The maximum Gasteiger partial charge on any atom is 0.242 e. The van der Waals surface area contributed by atoms with Crippen LogP contribution in [0.2, 0.25) is 0 Å². The highest BCUT2D eigenvalue weighted by Gasteiger charge is 2.09. The quantitative estimate of drug-likeness (QED) is 0.775. The summed E-state index contributed by atoms with van der Waals surface area (Å²) < 4.78 is 0. The summed E-state index contributed by atoms with van der Waals surface area (Å²) in [6.45, 7) is 1.65. The van der Waals surface area contributed by atoms with E-state index in [1.165, 1.54) is 0 Å². The van der Waals surface area contributed by atoms with Gasteiger partial charge in [0.05, 0.1) is 11.8 Å². The zero-order chi connectivity index (χ0) is 14.3. The van der Waals surface area contributed by atoms with Gasteiger partial charge in [0.25, 0.3) is 0 Å². The summed E-state index contributed by atoms with van der Waals surface area (Å²) in [7, 11) is 0. The molecule has 6 nitrogen and oxygen atoms in total. The Morgan fingerprint density at radius 1 is 1.26 bits per heavy atom. The first-order valence-electron chi connectivity index (χ1n) is 5.79. The van der Waals surface area contributed by atoms with E-state index in [9.17, 15) is 5.11 Å². The van der Waals surface area contributed by atoms with Crippen LogP contribution < -0.4 is 5.73 Å². The molecule has 0 spiro atoms. The van der Waals surface area contributed by atoms with E-state index in [0.717, 1.165) is 5.56 Å². The zero-order valence-corrected chi connectivity index (χ0v) is 10.6. The van der Waals surface area contributed by atoms with Gasteiger partial charge in [0.1, 0.15) is 12.1 Å². The summed E-state index contributed by atoms with van der Waals surface area (Å²) in [5, 5.41) is 33.8. The van der Waals surface area contributed by atoms with Crippen molar-refractivity contribution in [3.63, 3.8) is 0 Å². The zero-order valence-electron chi connectivity index (χ0n) is 10.6. The minimum Gasteiger partial charge on any atom is -0.392 e. The summed E-state index contributed by atoms with van der Waals surface area (Å²) in [5.41, 5.74) is 7.29. The van der Waals surface area contributed by atoms with E-state index >= 15 is 0 Å². The SMILES string of the molecule is CC(O)C(N)Cc1ccc(N=NC(C#N)C#N)cc1. The molecule has 0 saturated carbocycles. The fourth-order valence-electron chi connectivity index (χ4n) is 1.35. The van der Waals surface area contributed by atoms with Crippen LogP contribution in [0, 0.1) is 22.7 Å². The Morgan fingerprint density at radius 3 is 2.32 bits per heavy atom. The topological polar surface area (TPSA) is 119 Å². The monoisotopic (exact) mass is 257 g/mol. The second-order valence-corrected chi connectivity index (χ2v) is 4.15. The molecule has 2 atom stereocenters. The maximum atomic E-state index is 9.32. The van der Waals surface area contributed by atoms with Crippen LogP contribution in [-0.2, 0) is 6.42 Å². The number of hydrogen-bond acceptors (Lipinski definition) is 6. The highest BCUT2D eigenvalue weighted by molar-refractivity contribution is 5.38. The molecular formula is C13H15N5O. The van der Waals surface area contributed by atoms with Gasteiger partial charge >= 0.3 is 0 Å². The smallest absolute Gasteiger partial charge is 0.242 e. The van der Waals surface area contributed by atoms with Crippen molar-refractivity contribution in [2.45, 2.75) is 31.5 Å². The summed E-state index contributed by atoms with van der Waals surface area (Å²) in [6.07, 6.45) is 0.0000593. The minimum atomic E-state index is -1.08. The van der Waals surface area contributed by atoms with Gasteiger partial charge in [-0.3, -0.25) is 0 Å². The molecule has 0 fully saturated rings. The molecule has 19 heavy (non-hydrogen) atoms. The van der Waals surface area contributed by atoms with Crippen molar-refractivity contribution in [1.29, 1.82) is 10.5 Å². The Hall–Kier alpha value is -2.28. The third-order valence-electron chi connectivity index (χ3n) is 2.56. The number of hydrogen-bond donors (Lipinski definition) is 2. The Bertz CT molecular complexity index is 495. The van der Waals surface area contributed by atoms with Crippen molar-refractivity contribution in [1.82, 2.24) is 0 Å². The Labute approximate surface area is 111 Å². The molecule has 1 aromatic rings. The Balaban J connectivity index is 2.68. The fraction of sp³-hybridized carbons (Fsp3) is 0.385. The molecule has 1 aromatic carbocycles. The number of aliphatic hydroxyl groups excluding tert-OH is 1. The van der Waals surface area contributed by atoms with Gasteiger partial charge in [-0.1, -0.05) is 12.1 Å². The lowest BCUT2D eigenvalue weighted by molar-refractivity contribution is 0.163. The number of nitriles is 2. The summed E-state index contributed by atoms with van der Waals surface area (Å²) in [4.78, 5) is 0. The molecule has 0 aliphatic rings. The molecule has 0 amide bonds. The molecular weight excluding hydrogens is 242 g/mol. The van der Waals surface area contributed by atoms with Crippen LogP contribution in [0.15, 0.2) is 34.5 Å². The van der Waals surface area contributed by atoms with Crippen LogP contribution in [-0.4, -0.2) is 23.3 Å². The van der Waals surface area contributed by atoms with Gasteiger partial charge in [-0.25, -0.2) is 0 Å². The van der Waals surface area contributed by atoms with Gasteiger partial charge in [-0.15, -0.1) is 0 Å². The molecule has 0 aliphatic heterocycles. The molecule has 0 bridgehead atoms. The molecule has 98 valence electrons. The molecule has 0 radical (unpaired) electrons. The molecule has 3 N–H and O–H groups in total. The minimum absolute atomic E-state index is 0.311. The molecule has 6 heteroatoms. The molecule has 2 unspecified atom stereocenters. The highest BCUT2D eigenvalue weighted by Crippen LogP contribution is 2.15. The number of rotatable bonds is 5. The third-order valence-corrected chi connectivity index (χ3v) is 2.56. The molecule has 1 rings (SSSR count). The molecule has 0 heterocycles. The predicted octanol–water partition coefficient (Wildman–Crippen LogP) is 1.44. The second-order valence-electron chi connectivity index (χ2n) is 4.15. The molecule has 0 aromatic heterocycles. The number of benzene rings is 1. The Kier molecular flexibility index (Phi) is 5.62. The van der Waals surface area contributed by atoms with Gasteiger partial charge in [0.2, 0.25) is 6.04 Å². The highest BCUT2D eigenvalue weighted by atomic mass is 16.3. The average molecular weight is 257 g/mol. The normalized spacial score (nSPS) is 14.0. The lowest BCUT2D eigenvalue weighted by Crippen LogP contribution is -2.34. The summed E-state index contributed by atoms with van der Waals surface area (Å²) in [5.74, 6) is 0. The number of nitrogens with zero attached hydrogens (tertiary/aromatic N) is 4. The van der Waals surface area contributed by atoms with Crippen molar-refractivity contribution in [2.24, 2.45) is 16.0 Å². The van der Waals surface area contributed by atoms with E-state index in [1.54, 1.807) is 31.2 Å². The van der Waals surface area contributed by atoms with Gasteiger partial charge in [-0.05, 0) is 31.0 Å². The van der Waals surface area contributed by atoms with Crippen molar-refractivity contribution in [3.8, 4) is 12.1 Å². The summed E-state index contributed by atoms with van der Waals surface area (Å²) in [6, 6.07) is 9.11. The summed E-state index contributed by atoms with van der Waals surface area (Å²) >= 11 is 0. The average Bonchev–Trinajstić information content (AvgIpc) is 2.41. The number of azo groups is 1. The van der Waals surface area contributed by atoms with E-state index in [0.29, 0.717) is 12.1 Å². The first-order valence-corrected chi connectivity index (χ1v) is 5.79. The van der Waals surface area contributed by atoms with E-state index in [1.807, 2.05) is 12.1 Å². The van der Waals surface area contributed by atoms with E-state index in [4.69, 9.17) is 16.3 Å². The largest absolute Gasteiger partial charge is 0.392 e. The predicted molar refractivity (Wildman–Crippen MR) is 69.3 cm³/mol. The molecule has 0 saturated heterocycles. The lowest BCUT2D eigenvalue weighted by atomic mass is 10.0. The van der Waals surface area contributed by atoms with Crippen LogP contribution in [0.5, 0.6) is 0 Å². The van der Waals surface area contributed by atoms with Crippen LogP contribution in [0.3, 0.4) is 0 Å². The second kappa shape index (κ2) is 7.22. The van der Waals surface area contributed by atoms with Crippen molar-refractivity contribution >= 4 is 5.69 Å². The standard InChI is InChI=1S/C13H15N5O/c1-9(19)13(16)6-10-2-4-11(5-3-10)17-18-12(7-14)8-15/h2-5,9,12-13,19H,6,16H2,1H3. The van der Waals surface area contributed by atoms with Crippen LogP contribution in [0.1, 0.15) is 12.5 Å². The van der Waals surface area contributed by atoms with Crippen molar-refractivity contribution < 1.29 is 5.11 Å². The van der Waals surface area contributed by atoms with Crippen LogP contribution >= 0.6 is 0 Å². The Morgan fingerprint density at radius 2 is 1.84 bits per heavy atom. The van der Waals surface area contributed by atoms with Crippen molar-refractivity contribution in [3.05, 3.63) is 29.8 Å². The van der Waals surface area contributed by atoms with E-state index in [2.05, 4.69) is 10.2 Å². The van der Waals surface area contributed by atoms with E-state index < -0.39 is 12.1 Å². The number of aliphatic hydroxyl groups is 1. The first kappa shape index (κ1) is 14.8. The van der Waals surface area contributed by atoms with Crippen LogP contribution in [0.25, 0.3) is 0 Å². The van der Waals surface area contributed by atoms with Gasteiger partial charge in [-0.2, -0.15) is 20.8 Å². The van der Waals surface area contributed by atoms with Crippen molar-refractivity contribution in [2.75, 3.05) is 0 Å². The van der Waals surface area contributed by atoms with Crippen LogP contribution in [0.4, 0.5) is 5.69 Å². The fourth-order valence-corrected chi connectivity index (χ4v) is 1.35. The van der Waals surface area contributed by atoms with Gasteiger partial charge in [0, 0.05) is 6.04 Å². The molecule has 0 aliphatic carbocycles. The lowest BCUT2D eigenvalue weighted by Gasteiger charge is -2.14. The van der Waals surface area contributed by atoms with E-state index in [-0.39, 0.29) is 6.04 Å². The maximum absolute atomic E-state index is 9.32. The first-order chi connectivity index (χ1) is 9.06. The third kappa shape index (κ3) is 4.84.